The molecule has 0 aromatic heterocycles. The summed E-state index contributed by atoms with van der Waals surface area (Å²) in [7, 11) is 0. The second-order valence-corrected chi connectivity index (χ2v) is 4.89. The van der Waals surface area contributed by atoms with Crippen molar-refractivity contribution in [3.8, 4) is 6.07 Å². The summed E-state index contributed by atoms with van der Waals surface area (Å²) in [5.41, 5.74) is 1.74. The van der Waals surface area contributed by atoms with E-state index in [1.807, 2.05) is 12.1 Å². The number of rotatable bonds is 1. The summed E-state index contributed by atoms with van der Waals surface area (Å²) in [6.45, 7) is 3.34. The molecule has 0 aliphatic carbocycles. The Bertz CT molecular complexity index is 422. The maximum absolute atomic E-state index is 8.81. The van der Waals surface area contributed by atoms with Crippen LogP contribution in [0.25, 0.3) is 0 Å². The maximum atomic E-state index is 8.81. The minimum atomic E-state index is 0.383. The van der Waals surface area contributed by atoms with Crippen LogP contribution in [0.3, 0.4) is 0 Å². The number of nitrogens with zero attached hydrogens (tertiary/aromatic N) is 1. The Labute approximate surface area is 101 Å². The third-order valence-electron chi connectivity index (χ3n) is 3.18. The van der Waals surface area contributed by atoms with E-state index in [0.717, 1.165) is 18.9 Å². The highest BCUT2D eigenvalue weighted by atomic mass is 35.5. The van der Waals surface area contributed by atoms with Gasteiger partial charge in [0.25, 0.3) is 0 Å². The predicted octanol–water partition coefficient (Wildman–Crippen LogP) is 3.27. The topological polar surface area (TPSA) is 35.8 Å². The fourth-order valence-corrected chi connectivity index (χ4v) is 2.43. The summed E-state index contributed by atoms with van der Waals surface area (Å²) >= 11 is 6.03. The summed E-state index contributed by atoms with van der Waals surface area (Å²) < 4.78 is 0. The van der Waals surface area contributed by atoms with Crippen molar-refractivity contribution < 1.29 is 0 Å². The molecule has 1 aliphatic heterocycles. The molecule has 1 aromatic rings. The molecule has 2 nitrogen and oxygen atoms in total. The fraction of sp³-hybridized carbons (Fsp3) is 0.462. The van der Waals surface area contributed by atoms with E-state index in [4.69, 9.17) is 16.9 Å². The standard InChI is InChI=1S/C13H15ClN2/c1-9-4-5-16-13(6-9)10-2-3-11(8-15)12(14)7-10/h2-3,7,9,13,16H,4-6H2,1H3/t9-,13+/m1/s1. The van der Waals surface area contributed by atoms with E-state index >= 15 is 0 Å². The first-order chi connectivity index (χ1) is 7.70. The Morgan fingerprint density at radius 1 is 1.50 bits per heavy atom. The number of nitriles is 1. The number of benzene rings is 1. The van der Waals surface area contributed by atoms with Gasteiger partial charge in [-0.1, -0.05) is 24.6 Å². The van der Waals surface area contributed by atoms with Gasteiger partial charge in [-0.3, -0.25) is 0 Å². The van der Waals surface area contributed by atoms with Gasteiger partial charge in [-0.25, -0.2) is 0 Å². The lowest BCUT2D eigenvalue weighted by Crippen LogP contribution is -2.30. The lowest BCUT2D eigenvalue weighted by atomic mass is 9.90. The molecule has 16 heavy (non-hydrogen) atoms. The van der Waals surface area contributed by atoms with Gasteiger partial charge in [-0.2, -0.15) is 5.26 Å². The molecular formula is C13H15ClN2. The molecule has 1 aliphatic rings. The summed E-state index contributed by atoms with van der Waals surface area (Å²) in [6, 6.07) is 8.18. The highest BCUT2D eigenvalue weighted by Crippen LogP contribution is 2.29. The van der Waals surface area contributed by atoms with Gasteiger partial charge in [0, 0.05) is 6.04 Å². The van der Waals surface area contributed by atoms with Crippen molar-refractivity contribution in [1.82, 2.24) is 5.32 Å². The predicted molar refractivity (Wildman–Crippen MR) is 65.3 cm³/mol. The number of hydrogen-bond donors (Lipinski definition) is 1. The monoisotopic (exact) mass is 234 g/mol. The van der Waals surface area contributed by atoms with E-state index in [0.29, 0.717) is 16.6 Å². The van der Waals surface area contributed by atoms with Crippen molar-refractivity contribution in [2.45, 2.75) is 25.8 Å². The van der Waals surface area contributed by atoms with Crippen LogP contribution in [0.5, 0.6) is 0 Å². The first kappa shape index (κ1) is 11.4. The Morgan fingerprint density at radius 2 is 2.31 bits per heavy atom. The van der Waals surface area contributed by atoms with Crippen LogP contribution in [0.15, 0.2) is 18.2 Å². The van der Waals surface area contributed by atoms with E-state index in [2.05, 4.69) is 18.3 Å². The molecule has 1 aromatic carbocycles. The molecule has 3 heteroatoms. The minimum Gasteiger partial charge on any atom is -0.310 e. The molecule has 0 radical (unpaired) electrons. The molecule has 0 amide bonds. The van der Waals surface area contributed by atoms with Crippen molar-refractivity contribution >= 4 is 11.6 Å². The highest BCUT2D eigenvalue weighted by molar-refractivity contribution is 6.31. The zero-order chi connectivity index (χ0) is 11.5. The van der Waals surface area contributed by atoms with Crippen molar-refractivity contribution in [1.29, 1.82) is 5.26 Å². The van der Waals surface area contributed by atoms with Crippen LogP contribution in [-0.2, 0) is 0 Å². The quantitative estimate of drug-likeness (QED) is 0.810. The van der Waals surface area contributed by atoms with Crippen molar-refractivity contribution in [2.75, 3.05) is 6.54 Å². The van der Waals surface area contributed by atoms with Crippen LogP contribution in [-0.4, -0.2) is 6.54 Å². The average Bonchev–Trinajstić information content (AvgIpc) is 2.29. The number of piperidine rings is 1. The minimum absolute atomic E-state index is 0.383. The molecule has 1 saturated heterocycles. The number of halogens is 1. The van der Waals surface area contributed by atoms with Crippen LogP contribution < -0.4 is 5.32 Å². The third kappa shape index (κ3) is 2.37. The van der Waals surface area contributed by atoms with Crippen LogP contribution in [0, 0.1) is 17.2 Å². The normalized spacial score (nSPS) is 25.1. The molecule has 0 saturated carbocycles. The lowest BCUT2D eigenvalue weighted by molar-refractivity contribution is 0.325. The molecule has 2 atom stereocenters. The second kappa shape index (κ2) is 4.86. The van der Waals surface area contributed by atoms with Crippen LogP contribution in [0.4, 0.5) is 0 Å². The molecule has 0 unspecified atom stereocenters. The SMILES string of the molecule is C[C@@H]1CCN[C@H](c2ccc(C#N)c(Cl)c2)C1. The van der Waals surface area contributed by atoms with E-state index in [-0.39, 0.29) is 0 Å². The fourth-order valence-electron chi connectivity index (χ4n) is 2.20. The number of nitrogens with one attached hydrogen (secondary N) is 1. The molecule has 2 rings (SSSR count). The Balaban J connectivity index is 2.21. The lowest BCUT2D eigenvalue weighted by Gasteiger charge is -2.28. The van der Waals surface area contributed by atoms with Crippen molar-refractivity contribution in [2.24, 2.45) is 5.92 Å². The van der Waals surface area contributed by atoms with Gasteiger partial charge < -0.3 is 5.32 Å². The Kier molecular flexibility index (Phi) is 3.48. The van der Waals surface area contributed by atoms with Gasteiger partial charge in [0.05, 0.1) is 10.6 Å². The molecular weight excluding hydrogens is 220 g/mol. The zero-order valence-electron chi connectivity index (χ0n) is 9.33. The maximum Gasteiger partial charge on any atom is 0.101 e. The zero-order valence-corrected chi connectivity index (χ0v) is 10.1. The molecule has 1 fully saturated rings. The van der Waals surface area contributed by atoms with E-state index in [1.54, 1.807) is 6.07 Å². The smallest absolute Gasteiger partial charge is 0.101 e. The number of hydrogen-bond acceptors (Lipinski definition) is 2. The second-order valence-electron chi connectivity index (χ2n) is 4.49. The Morgan fingerprint density at radius 3 is 2.94 bits per heavy atom. The highest BCUT2D eigenvalue weighted by Gasteiger charge is 2.20. The van der Waals surface area contributed by atoms with Crippen molar-refractivity contribution in [3.63, 3.8) is 0 Å². The van der Waals surface area contributed by atoms with E-state index in [9.17, 15) is 0 Å². The molecule has 84 valence electrons. The van der Waals surface area contributed by atoms with Gasteiger partial charge in [-0.05, 0) is 43.0 Å². The molecule has 0 spiro atoms. The first-order valence-electron chi connectivity index (χ1n) is 5.63. The largest absolute Gasteiger partial charge is 0.310 e. The van der Waals surface area contributed by atoms with Gasteiger partial charge >= 0.3 is 0 Å². The van der Waals surface area contributed by atoms with Gasteiger partial charge in [0.1, 0.15) is 6.07 Å². The van der Waals surface area contributed by atoms with Gasteiger partial charge in [-0.15, -0.1) is 0 Å². The third-order valence-corrected chi connectivity index (χ3v) is 3.49. The van der Waals surface area contributed by atoms with Gasteiger partial charge in [0.2, 0.25) is 0 Å². The first-order valence-corrected chi connectivity index (χ1v) is 6.01. The summed E-state index contributed by atoms with van der Waals surface area (Å²) in [5, 5.41) is 12.9. The van der Waals surface area contributed by atoms with Crippen LogP contribution in [0.1, 0.15) is 36.9 Å². The molecule has 1 N–H and O–H groups in total. The van der Waals surface area contributed by atoms with Crippen LogP contribution >= 0.6 is 11.6 Å². The summed E-state index contributed by atoms with van der Waals surface area (Å²) in [4.78, 5) is 0. The molecule has 0 bridgehead atoms. The van der Waals surface area contributed by atoms with Crippen molar-refractivity contribution in [3.05, 3.63) is 34.3 Å². The van der Waals surface area contributed by atoms with E-state index in [1.165, 1.54) is 12.0 Å². The molecule has 1 heterocycles. The Hall–Kier alpha value is -1.04. The van der Waals surface area contributed by atoms with E-state index < -0.39 is 0 Å². The van der Waals surface area contributed by atoms with Gasteiger partial charge in [0.15, 0.2) is 0 Å². The average molecular weight is 235 g/mol. The van der Waals surface area contributed by atoms with Crippen LogP contribution in [0.2, 0.25) is 5.02 Å². The summed E-state index contributed by atoms with van der Waals surface area (Å²) in [6.07, 6.45) is 2.38. The summed E-state index contributed by atoms with van der Waals surface area (Å²) in [5.74, 6) is 0.751.